The van der Waals surface area contributed by atoms with Crippen molar-refractivity contribution in [1.29, 1.82) is 0 Å². The summed E-state index contributed by atoms with van der Waals surface area (Å²) in [5.74, 6) is 0. The second kappa shape index (κ2) is 5.17. The highest BCUT2D eigenvalue weighted by molar-refractivity contribution is 5.01. The molecule has 1 nitrogen and oxygen atoms in total. The van der Waals surface area contributed by atoms with E-state index in [0.29, 0.717) is 18.0 Å². The van der Waals surface area contributed by atoms with Crippen molar-refractivity contribution in [3.63, 3.8) is 0 Å². The van der Waals surface area contributed by atoms with Gasteiger partial charge in [0.2, 0.25) is 0 Å². The lowest BCUT2D eigenvalue weighted by Gasteiger charge is -2.52. The Labute approximate surface area is 101 Å². The van der Waals surface area contributed by atoms with E-state index < -0.39 is 12.6 Å². The van der Waals surface area contributed by atoms with Crippen molar-refractivity contribution in [3.8, 4) is 0 Å². The molecule has 0 bridgehead atoms. The van der Waals surface area contributed by atoms with E-state index in [4.69, 9.17) is 0 Å². The van der Waals surface area contributed by atoms with Crippen LogP contribution in [-0.4, -0.2) is 18.8 Å². The summed E-state index contributed by atoms with van der Waals surface area (Å²) in [6.45, 7) is 0.520. The van der Waals surface area contributed by atoms with E-state index in [1.807, 2.05) is 0 Å². The molecule has 0 radical (unpaired) electrons. The Kier molecular flexibility index (Phi) is 4.01. The monoisotopic (exact) mass is 249 g/mol. The quantitative estimate of drug-likeness (QED) is 0.742. The summed E-state index contributed by atoms with van der Waals surface area (Å²) < 4.78 is 36.0. The van der Waals surface area contributed by atoms with Crippen LogP contribution in [0.2, 0.25) is 0 Å². The molecule has 2 rings (SSSR count). The van der Waals surface area contributed by atoms with E-state index in [9.17, 15) is 13.2 Å². The smallest absolute Gasteiger partial charge is 0.313 e. The summed E-state index contributed by atoms with van der Waals surface area (Å²) in [7, 11) is 0. The number of rotatable bonds is 4. The molecule has 2 saturated carbocycles. The third-order valence-corrected chi connectivity index (χ3v) is 4.55. The highest BCUT2D eigenvalue weighted by atomic mass is 19.4. The molecule has 4 heteroatoms. The predicted octanol–water partition coefficient (Wildman–Crippen LogP) is 4.03. The van der Waals surface area contributed by atoms with Crippen LogP contribution in [0.1, 0.15) is 57.8 Å². The van der Waals surface area contributed by atoms with Gasteiger partial charge in [0, 0.05) is 12.5 Å². The Morgan fingerprint density at radius 3 is 2.29 bits per heavy atom. The van der Waals surface area contributed by atoms with Crippen molar-refractivity contribution in [2.24, 2.45) is 5.41 Å². The molecule has 1 unspecified atom stereocenters. The molecular formula is C13H22F3N. The summed E-state index contributed by atoms with van der Waals surface area (Å²) in [4.78, 5) is 0. The minimum absolute atomic E-state index is 0.218. The zero-order valence-electron chi connectivity index (χ0n) is 10.3. The van der Waals surface area contributed by atoms with Gasteiger partial charge in [0.25, 0.3) is 0 Å². The summed E-state index contributed by atoms with van der Waals surface area (Å²) in [6.07, 6.45) is 4.52. The molecule has 1 atom stereocenters. The van der Waals surface area contributed by atoms with E-state index in [1.165, 1.54) is 38.5 Å². The zero-order chi connectivity index (χ0) is 12.4. The summed E-state index contributed by atoms with van der Waals surface area (Å²) >= 11 is 0. The van der Waals surface area contributed by atoms with Crippen LogP contribution >= 0.6 is 0 Å². The molecule has 0 saturated heterocycles. The standard InChI is InChI=1S/C13H22F3N/c14-13(15,16)8-4-10-17-11-5-9-12(11)6-2-1-3-7-12/h11,17H,1-10H2. The van der Waals surface area contributed by atoms with E-state index in [2.05, 4.69) is 5.32 Å². The summed E-state index contributed by atoms with van der Waals surface area (Å²) in [6, 6.07) is 0.496. The average molecular weight is 249 g/mol. The molecule has 0 heterocycles. The highest BCUT2D eigenvalue weighted by Gasteiger charge is 2.46. The average Bonchev–Trinajstić information content (AvgIpc) is 2.27. The van der Waals surface area contributed by atoms with Crippen molar-refractivity contribution < 1.29 is 13.2 Å². The topological polar surface area (TPSA) is 12.0 Å². The Bertz CT molecular complexity index is 244. The van der Waals surface area contributed by atoms with Gasteiger partial charge in [-0.1, -0.05) is 19.3 Å². The van der Waals surface area contributed by atoms with Crippen molar-refractivity contribution >= 4 is 0 Å². The number of hydrogen-bond donors (Lipinski definition) is 1. The molecule has 100 valence electrons. The number of nitrogens with one attached hydrogen (secondary N) is 1. The van der Waals surface area contributed by atoms with Gasteiger partial charge in [-0.15, -0.1) is 0 Å². The van der Waals surface area contributed by atoms with Crippen LogP contribution in [0.3, 0.4) is 0 Å². The lowest BCUT2D eigenvalue weighted by molar-refractivity contribution is -0.135. The molecule has 0 aliphatic heterocycles. The van der Waals surface area contributed by atoms with Crippen molar-refractivity contribution in [2.45, 2.75) is 70.0 Å². The Morgan fingerprint density at radius 2 is 1.76 bits per heavy atom. The molecule has 0 aromatic carbocycles. The number of hydrogen-bond acceptors (Lipinski definition) is 1. The van der Waals surface area contributed by atoms with Gasteiger partial charge in [0.1, 0.15) is 0 Å². The van der Waals surface area contributed by atoms with Gasteiger partial charge in [-0.25, -0.2) is 0 Å². The maximum absolute atomic E-state index is 12.0. The molecule has 2 aliphatic carbocycles. The van der Waals surface area contributed by atoms with Gasteiger partial charge in [-0.3, -0.25) is 0 Å². The second-order valence-corrected chi connectivity index (χ2v) is 5.69. The van der Waals surface area contributed by atoms with Crippen LogP contribution in [0.25, 0.3) is 0 Å². The van der Waals surface area contributed by atoms with Crippen LogP contribution in [0, 0.1) is 5.41 Å². The van der Waals surface area contributed by atoms with Crippen LogP contribution in [0.4, 0.5) is 13.2 Å². The largest absolute Gasteiger partial charge is 0.389 e. The molecule has 0 aromatic rings. The van der Waals surface area contributed by atoms with Crippen LogP contribution < -0.4 is 5.32 Å². The van der Waals surface area contributed by atoms with Gasteiger partial charge in [-0.05, 0) is 44.1 Å². The maximum Gasteiger partial charge on any atom is 0.389 e. The first-order chi connectivity index (χ1) is 8.02. The lowest BCUT2D eigenvalue weighted by atomic mass is 9.57. The van der Waals surface area contributed by atoms with Gasteiger partial charge in [-0.2, -0.15) is 13.2 Å². The van der Waals surface area contributed by atoms with Gasteiger partial charge < -0.3 is 5.32 Å². The Balaban J connectivity index is 1.66. The minimum atomic E-state index is -4.00. The highest BCUT2D eigenvalue weighted by Crippen LogP contribution is 2.51. The molecule has 0 amide bonds. The first kappa shape index (κ1) is 13.2. The number of halogens is 3. The fraction of sp³-hybridized carbons (Fsp3) is 1.00. The van der Waals surface area contributed by atoms with Gasteiger partial charge >= 0.3 is 6.18 Å². The molecule has 2 fully saturated rings. The zero-order valence-corrected chi connectivity index (χ0v) is 10.3. The normalized spacial score (nSPS) is 28.1. The lowest BCUT2D eigenvalue weighted by Crippen LogP contribution is -2.54. The summed E-state index contributed by atoms with van der Waals surface area (Å²) in [5.41, 5.74) is 0.455. The minimum Gasteiger partial charge on any atom is -0.313 e. The molecule has 1 spiro atoms. The third kappa shape index (κ3) is 3.36. The number of alkyl halides is 3. The predicted molar refractivity (Wildman–Crippen MR) is 61.8 cm³/mol. The van der Waals surface area contributed by atoms with Gasteiger partial charge in [0.15, 0.2) is 0 Å². The Morgan fingerprint density at radius 1 is 1.06 bits per heavy atom. The van der Waals surface area contributed by atoms with Gasteiger partial charge in [0.05, 0.1) is 0 Å². The Hall–Kier alpha value is -0.250. The maximum atomic E-state index is 12.0. The van der Waals surface area contributed by atoms with Crippen LogP contribution in [-0.2, 0) is 0 Å². The first-order valence-corrected chi connectivity index (χ1v) is 6.82. The fourth-order valence-electron chi connectivity index (χ4n) is 3.43. The van der Waals surface area contributed by atoms with E-state index in [1.54, 1.807) is 0 Å². The van der Waals surface area contributed by atoms with Crippen molar-refractivity contribution in [3.05, 3.63) is 0 Å². The van der Waals surface area contributed by atoms with E-state index in [0.717, 1.165) is 6.42 Å². The van der Waals surface area contributed by atoms with Crippen molar-refractivity contribution in [1.82, 2.24) is 5.32 Å². The third-order valence-electron chi connectivity index (χ3n) is 4.55. The van der Waals surface area contributed by atoms with Crippen LogP contribution in [0.5, 0.6) is 0 Å². The van der Waals surface area contributed by atoms with E-state index in [-0.39, 0.29) is 6.42 Å². The molecule has 2 aliphatic rings. The van der Waals surface area contributed by atoms with E-state index >= 15 is 0 Å². The fourth-order valence-corrected chi connectivity index (χ4v) is 3.43. The van der Waals surface area contributed by atoms with Crippen LogP contribution in [0.15, 0.2) is 0 Å². The van der Waals surface area contributed by atoms with Crippen molar-refractivity contribution in [2.75, 3.05) is 6.54 Å². The first-order valence-electron chi connectivity index (χ1n) is 6.82. The molecule has 0 aromatic heterocycles. The SMILES string of the molecule is FC(F)(F)CCCNC1CCC12CCCCC2. The molecular weight excluding hydrogens is 227 g/mol. The second-order valence-electron chi connectivity index (χ2n) is 5.69. The summed E-state index contributed by atoms with van der Waals surface area (Å²) in [5, 5.41) is 3.35. The molecule has 17 heavy (non-hydrogen) atoms. The molecule has 1 N–H and O–H groups in total.